The van der Waals surface area contributed by atoms with Gasteiger partial charge in [-0.15, -0.1) is 10.2 Å². The van der Waals surface area contributed by atoms with Gasteiger partial charge in [0.05, 0.1) is 6.54 Å². The van der Waals surface area contributed by atoms with Crippen molar-refractivity contribution >= 4 is 11.9 Å². The monoisotopic (exact) mass is 241 g/mol. The Morgan fingerprint density at radius 1 is 1.59 bits per heavy atom. The van der Waals surface area contributed by atoms with Gasteiger partial charge in [0.15, 0.2) is 0 Å². The molecular formula is C9H15N5O3. The summed E-state index contributed by atoms with van der Waals surface area (Å²) in [5, 5.41) is 21.6. The van der Waals surface area contributed by atoms with Crippen LogP contribution in [-0.4, -0.2) is 44.3 Å². The van der Waals surface area contributed by atoms with Crippen LogP contribution in [-0.2, 0) is 23.2 Å². The van der Waals surface area contributed by atoms with E-state index in [2.05, 4.69) is 20.8 Å². The van der Waals surface area contributed by atoms with Crippen LogP contribution in [0.5, 0.6) is 0 Å². The van der Waals surface area contributed by atoms with E-state index in [0.717, 1.165) is 0 Å². The number of rotatable bonds is 6. The van der Waals surface area contributed by atoms with Gasteiger partial charge in [0, 0.05) is 20.5 Å². The first-order valence-corrected chi connectivity index (χ1v) is 5.04. The largest absolute Gasteiger partial charge is 0.480 e. The van der Waals surface area contributed by atoms with Crippen LogP contribution in [0, 0.1) is 0 Å². The molecule has 0 aliphatic rings. The normalized spacial score (nSPS) is 12.1. The predicted octanol–water partition coefficient (Wildman–Crippen LogP) is -1.51. The lowest BCUT2D eigenvalue weighted by atomic mass is 10.3. The van der Waals surface area contributed by atoms with E-state index in [1.807, 2.05) is 0 Å². The Labute approximate surface area is 98.0 Å². The molecule has 1 aromatic rings. The van der Waals surface area contributed by atoms with Crippen molar-refractivity contribution in [2.45, 2.75) is 19.5 Å². The summed E-state index contributed by atoms with van der Waals surface area (Å²) in [5.41, 5.74) is 0. The smallest absolute Gasteiger partial charge is 0.327 e. The van der Waals surface area contributed by atoms with Gasteiger partial charge in [-0.2, -0.15) is 0 Å². The SMILES string of the molecule is CC(=O)NC(CNCc1nncn1C)C(=O)O. The minimum atomic E-state index is -1.08. The van der Waals surface area contributed by atoms with Crippen molar-refractivity contribution < 1.29 is 14.7 Å². The van der Waals surface area contributed by atoms with E-state index in [0.29, 0.717) is 12.4 Å². The van der Waals surface area contributed by atoms with Gasteiger partial charge in [0.1, 0.15) is 18.2 Å². The molecule has 0 bridgehead atoms. The number of aliphatic carboxylic acids is 1. The van der Waals surface area contributed by atoms with Gasteiger partial charge in [-0.25, -0.2) is 4.79 Å². The highest BCUT2D eigenvalue weighted by Crippen LogP contribution is 1.90. The highest BCUT2D eigenvalue weighted by atomic mass is 16.4. The summed E-state index contributed by atoms with van der Waals surface area (Å²) in [4.78, 5) is 21.6. The van der Waals surface area contributed by atoms with E-state index in [1.54, 1.807) is 17.9 Å². The van der Waals surface area contributed by atoms with Crippen molar-refractivity contribution in [1.29, 1.82) is 0 Å². The molecule has 0 aromatic carbocycles. The highest BCUT2D eigenvalue weighted by molar-refractivity contribution is 5.82. The van der Waals surface area contributed by atoms with Gasteiger partial charge in [-0.1, -0.05) is 0 Å². The van der Waals surface area contributed by atoms with Crippen LogP contribution in [0.1, 0.15) is 12.7 Å². The second-order valence-corrected chi connectivity index (χ2v) is 3.58. The number of hydrogen-bond acceptors (Lipinski definition) is 5. The van der Waals surface area contributed by atoms with E-state index >= 15 is 0 Å². The maximum atomic E-state index is 10.8. The first-order valence-electron chi connectivity index (χ1n) is 5.04. The van der Waals surface area contributed by atoms with Gasteiger partial charge in [-0.3, -0.25) is 4.79 Å². The fourth-order valence-corrected chi connectivity index (χ4v) is 1.24. The molecule has 1 aromatic heterocycles. The van der Waals surface area contributed by atoms with Crippen molar-refractivity contribution in [3.05, 3.63) is 12.2 Å². The minimum Gasteiger partial charge on any atom is -0.480 e. The number of amides is 1. The van der Waals surface area contributed by atoms with Crippen LogP contribution >= 0.6 is 0 Å². The van der Waals surface area contributed by atoms with Crippen LogP contribution in [0.3, 0.4) is 0 Å². The number of nitrogens with one attached hydrogen (secondary N) is 2. The van der Waals surface area contributed by atoms with E-state index in [-0.39, 0.29) is 12.5 Å². The molecule has 0 radical (unpaired) electrons. The van der Waals surface area contributed by atoms with Crippen molar-refractivity contribution in [2.24, 2.45) is 7.05 Å². The van der Waals surface area contributed by atoms with Crippen molar-refractivity contribution in [1.82, 2.24) is 25.4 Å². The summed E-state index contributed by atoms with van der Waals surface area (Å²) >= 11 is 0. The summed E-state index contributed by atoms with van der Waals surface area (Å²) in [6.07, 6.45) is 1.56. The van der Waals surface area contributed by atoms with E-state index in [9.17, 15) is 9.59 Å². The van der Waals surface area contributed by atoms with E-state index < -0.39 is 12.0 Å². The molecule has 1 heterocycles. The van der Waals surface area contributed by atoms with E-state index in [4.69, 9.17) is 5.11 Å². The lowest BCUT2D eigenvalue weighted by Crippen LogP contribution is -2.46. The van der Waals surface area contributed by atoms with Gasteiger partial charge >= 0.3 is 5.97 Å². The average molecular weight is 241 g/mol. The molecule has 3 N–H and O–H groups in total. The average Bonchev–Trinajstić information content (AvgIpc) is 2.62. The third-order valence-electron chi connectivity index (χ3n) is 2.11. The highest BCUT2D eigenvalue weighted by Gasteiger charge is 2.17. The molecule has 0 spiro atoms. The third-order valence-corrected chi connectivity index (χ3v) is 2.11. The number of carboxylic acid groups (broad SMARTS) is 1. The zero-order valence-corrected chi connectivity index (χ0v) is 9.67. The van der Waals surface area contributed by atoms with Gasteiger partial charge < -0.3 is 20.3 Å². The summed E-state index contributed by atoms with van der Waals surface area (Å²) in [6, 6.07) is -0.944. The molecule has 17 heavy (non-hydrogen) atoms. The number of aromatic nitrogens is 3. The zero-order chi connectivity index (χ0) is 12.8. The number of nitrogens with zero attached hydrogens (tertiary/aromatic N) is 3. The summed E-state index contributed by atoms with van der Waals surface area (Å²) in [7, 11) is 1.79. The Balaban J connectivity index is 2.40. The number of carboxylic acids is 1. The quantitative estimate of drug-likeness (QED) is 0.559. The first kappa shape index (κ1) is 13.1. The summed E-state index contributed by atoms with van der Waals surface area (Å²) in [5.74, 6) is -0.763. The first-order chi connectivity index (χ1) is 8.00. The third kappa shape index (κ3) is 4.19. The zero-order valence-electron chi connectivity index (χ0n) is 9.67. The molecule has 1 unspecified atom stereocenters. The van der Waals surface area contributed by atoms with Crippen molar-refractivity contribution in [3.63, 3.8) is 0 Å². The number of hydrogen-bond donors (Lipinski definition) is 3. The maximum absolute atomic E-state index is 10.8. The molecule has 0 aliphatic heterocycles. The molecule has 8 nitrogen and oxygen atoms in total. The summed E-state index contributed by atoms with van der Waals surface area (Å²) < 4.78 is 1.72. The van der Waals surface area contributed by atoms with Crippen LogP contribution in [0.15, 0.2) is 6.33 Å². The molecule has 0 aliphatic carbocycles. The molecule has 8 heteroatoms. The lowest BCUT2D eigenvalue weighted by Gasteiger charge is -2.13. The second-order valence-electron chi connectivity index (χ2n) is 3.58. The van der Waals surface area contributed by atoms with Crippen molar-refractivity contribution in [2.75, 3.05) is 6.54 Å². The predicted molar refractivity (Wildman–Crippen MR) is 58.0 cm³/mol. The molecule has 94 valence electrons. The molecule has 1 rings (SSSR count). The minimum absolute atomic E-state index is 0.127. The molecule has 1 amide bonds. The molecule has 0 saturated carbocycles. The fraction of sp³-hybridized carbons (Fsp3) is 0.556. The molecule has 1 atom stereocenters. The Kier molecular flexibility index (Phi) is 4.58. The number of aryl methyl sites for hydroxylation is 1. The van der Waals surface area contributed by atoms with Crippen LogP contribution in [0.2, 0.25) is 0 Å². The Morgan fingerprint density at radius 3 is 2.76 bits per heavy atom. The fourth-order valence-electron chi connectivity index (χ4n) is 1.24. The second kappa shape index (κ2) is 5.94. The van der Waals surface area contributed by atoms with Gasteiger partial charge in [-0.05, 0) is 0 Å². The molecule has 0 fully saturated rings. The van der Waals surface area contributed by atoms with Crippen LogP contribution < -0.4 is 10.6 Å². The van der Waals surface area contributed by atoms with Crippen LogP contribution in [0.25, 0.3) is 0 Å². The molecular weight excluding hydrogens is 226 g/mol. The van der Waals surface area contributed by atoms with Gasteiger partial charge in [0.25, 0.3) is 0 Å². The van der Waals surface area contributed by atoms with Gasteiger partial charge in [0.2, 0.25) is 5.91 Å². The maximum Gasteiger partial charge on any atom is 0.327 e. The van der Waals surface area contributed by atoms with E-state index in [1.165, 1.54) is 6.92 Å². The summed E-state index contributed by atoms with van der Waals surface area (Å²) in [6.45, 7) is 1.79. The number of carbonyl (C=O) groups is 2. The topological polar surface area (TPSA) is 109 Å². The Hall–Kier alpha value is -1.96. The lowest BCUT2D eigenvalue weighted by molar-refractivity contribution is -0.141. The number of carbonyl (C=O) groups excluding carboxylic acids is 1. The standard InChI is InChI=1S/C9H15N5O3/c1-6(15)12-7(9(16)17)3-10-4-8-13-11-5-14(8)2/h5,7,10H,3-4H2,1-2H3,(H,12,15)(H,16,17). The van der Waals surface area contributed by atoms with Crippen molar-refractivity contribution in [3.8, 4) is 0 Å². The Morgan fingerprint density at radius 2 is 2.29 bits per heavy atom. The molecule has 0 saturated heterocycles. The van der Waals surface area contributed by atoms with Crippen LogP contribution in [0.4, 0.5) is 0 Å². The Bertz CT molecular complexity index is 403.